The van der Waals surface area contributed by atoms with E-state index in [2.05, 4.69) is 31.0 Å². The average Bonchev–Trinajstić information content (AvgIpc) is 2.94. The zero-order valence-electron chi connectivity index (χ0n) is 11.7. The highest BCUT2D eigenvalue weighted by molar-refractivity contribution is 9.10. The van der Waals surface area contributed by atoms with Crippen LogP contribution in [0, 0.1) is 6.92 Å². The van der Waals surface area contributed by atoms with E-state index in [1.165, 1.54) is 11.3 Å². The molecule has 114 valence electrons. The highest BCUT2D eigenvalue weighted by Crippen LogP contribution is 2.26. The molecule has 0 aliphatic carbocycles. The summed E-state index contributed by atoms with van der Waals surface area (Å²) in [6.07, 6.45) is 1.66. The van der Waals surface area contributed by atoms with Crippen LogP contribution in [-0.4, -0.2) is 20.4 Å². The quantitative estimate of drug-likeness (QED) is 0.795. The van der Waals surface area contributed by atoms with Crippen LogP contribution in [0.5, 0.6) is 0 Å². The first-order valence-corrected chi connectivity index (χ1v) is 9.40. The van der Waals surface area contributed by atoms with Gasteiger partial charge in [-0.2, -0.15) is 0 Å². The molecule has 0 bridgehead atoms. The van der Waals surface area contributed by atoms with Gasteiger partial charge < -0.3 is 5.32 Å². The molecule has 2 aromatic rings. The molecule has 1 aromatic carbocycles. The predicted molar refractivity (Wildman–Crippen MR) is 87.8 cm³/mol. The van der Waals surface area contributed by atoms with Crippen molar-refractivity contribution in [2.75, 3.05) is 7.05 Å². The van der Waals surface area contributed by atoms with Crippen molar-refractivity contribution in [1.29, 1.82) is 0 Å². The molecule has 1 aromatic heterocycles. The van der Waals surface area contributed by atoms with Crippen LogP contribution in [0.15, 0.2) is 33.2 Å². The van der Waals surface area contributed by atoms with Crippen LogP contribution in [0.3, 0.4) is 0 Å². The number of benzene rings is 1. The van der Waals surface area contributed by atoms with Crippen molar-refractivity contribution in [3.63, 3.8) is 0 Å². The minimum absolute atomic E-state index is 0.250. The van der Waals surface area contributed by atoms with E-state index in [0.29, 0.717) is 17.0 Å². The standard InChI is InChI=1S/C13H16BrN3O2S2/c1-9-12(14)3-10(5-15-2)4-13(9)21(18,19)17-7-11-6-16-8-20-11/h3-4,6,8,15,17H,5,7H2,1-2H3. The van der Waals surface area contributed by atoms with Crippen molar-refractivity contribution in [3.05, 3.63) is 44.3 Å². The number of thiazole rings is 1. The van der Waals surface area contributed by atoms with Crippen LogP contribution >= 0.6 is 27.3 Å². The Morgan fingerprint density at radius 2 is 2.10 bits per heavy atom. The van der Waals surface area contributed by atoms with Crippen molar-refractivity contribution in [1.82, 2.24) is 15.0 Å². The third-order valence-electron chi connectivity index (χ3n) is 2.95. The SMILES string of the molecule is CNCc1cc(Br)c(C)c(S(=O)(=O)NCc2cncs2)c1. The zero-order valence-corrected chi connectivity index (χ0v) is 14.9. The van der Waals surface area contributed by atoms with E-state index < -0.39 is 10.0 Å². The van der Waals surface area contributed by atoms with Gasteiger partial charge in [-0.1, -0.05) is 15.9 Å². The van der Waals surface area contributed by atoms with E-state index >= 15 is 0 Å². The highest BCUT2D eigenvalue weighted by atomic mass is 79.9. The molecule has 2 rings (SSSR count). The Morgan fingerprint density at radius 1 is 1.33 bits per heavy atom. The summed E-state index contributed by atoms with van der Waals surface area (Å²) in [5.41, 5.74) is 3.29. The second-order valence-electron chi connectivity index (χ2n) is 4.52. The van der Waals surface area contributed by atoms with E-state index in [-0.39, 0.29) is 6.54 Å². The van der Waals surface area contributed by atoms with E-state index in [1.807, 2.05) is 13.1 Å². The minimum atomic E-state index is -3.56. The van der Waals surface area contributed by atoms with Gasteiger partial charge in [0.1, 0.15) is 0 Å². The van der Waals surface area contributed by atoms with Gasteiger partial charge in [0.2, 0.25) is 10.0 Å². The Hall–Kier alpha value is -0.800. The third kappa shape index (κ3) is 4.10. The number of nitrogens with zero attached hydrogens (tertiary/aromatic N) is 1. The molecular weight excluding hydrogens is 374 g/mol. The second-order valence-corrected chi connectivity index (χ2v) is 8.08. The molecular formula is C13H16BrN3O2S2. The minimum Gasteiger partial charge on any atom is -0.316 e. The number of halogens is 1. The lowest BCUT2D eigenvalue weighted by Gasteiger charge is -2.12. The number of nitrogens with one attached hydrogen (secondary N) is 2. The Bertz CT molecular complexity index is 715. The summed E-state index contributed by atoms with van der Waals surface area (Å²) in [6, 6.07) is 3.62. The smallest absolute Gasteiger partial charge is 0.241 e. The predicted octanol–water partition coefficient (Wildman–Crippen LogP) is 2.41. The van der Waals surface area contributed by atoms with Crippen molar-refractivity contribution in [2.24, 2.45) is 0 Å². The summed E-state index contributed by atoms with van der Waals surface area (Å²) in [7, 11) is -1.74. The summed E-state index contributed by atoms with van der Waals surface area (Å²) in [4.78, 5) is 5.11. The van der Waals surface area contributed by atoms with Gasteiger partial charge in [-0.25, -0.2) is 13.1 Å². The normalized spacial score (nSPS) is 11.8. The maximum atomic E-state index is 12.5. The molecule has 0 amide bonds. The van der Waals surface area contributed by atoms with Gasteiger partial charge in [0.05, 0.1) is 10.4 Å². The Balaban J connectivity index is 2.30. The van der Waals surface area contributed by atoms with Gasteiger partial charge in [0, 0.05) is 28.6 Å². The van der Waals surface area contributed by atoms with Crippen LogP contribution in [0.1, 0.15) is 16.0 Å². The summed E-state index contributed by atoms with van der Waals surface area (Å²) >= 11 is 4.84. The molecule has 0 radical (unpaired) electrons. The molecule has 21 heavy (non-hydrogen) atoms. The number of hydrogen-bond acceptors (Lipinski definition) is 5. The molecule has 0 spiro atoms. The number of aromatic nitrogens is 1. The van der Waals surface area contributed by atoms with Gasteiger partial charge in [-0.3, -0.25) is 4.98 Å². The topological polar surface area (TPSA) is 71.1 Å². The molecule has 0 fully saturated rings. The van der Waals surface area contributed by atoms with Crippen LogP contribution in [0.2, 0.25) is 0 Å². The van der Waals surface area contributed by atoms with Crippen LogP contribution in [0.25, 0.3) is 0 Å². The van der Waals surface area contributed by atoms with E-state index in [4.69, 9.17) is 0 Å². The van der Waals surface area contributed by atoms with Crippen LogP contribution < -0.4 is 10.0 Å². The Morgan fingerprint density at radius 3 is 2.71 bits per heavy atom. The lowest BCUT2D eigenvalue weighted by molar-refractivity contribution is 0.580. The lowest BCUT2D eigenvalue weighted by atomic mass is 10.1. The Kier molecular flexibility index (Phi) is 5.50. The number of hydrogen-bond donors (Lipinski definition) is 2. The van der Waals surface area contributed by atoms with Crippen molar-refractivity contribution < 1.29 is 8.42 Å². The van der Waals surface area contributed by atoms with Crippen molar-refractivity contribution >= 4 is 37.3 Å². The molecule has 2 N–H and O–H groups in total. The average molecular weight is 390 g/mol. The van der Waals surface area contributed by atoms with Crippen molar-refractivity contribution in [3.8, 4) is 0 Å². The third-order valence-corrected chi connectivity index (χ3v) is 6.08. The summed E-state index contributed by atoms with van der Waals surface area (Å²) in [5.74, 6) is 0. The lowest BCUT2D eigenvalue weighted by Crippen LogP contribution is -2.24. The molecule has 0 atom stereocenters. The summed E-state index contributed by atoms with van der Waals surface area (Å²) in [5, 5.41) is 3.02. The van der Waals surface area contributed by atoms with Crippen LogP contribution in [-0.2, 0) is 23.1 Å². The largest absolute Gasteiger partial charge is 0.316 e. The number of sulfonamides is 1. The fourth-order valence-electron chi connectivity index (χ4n) is 1.87. The molecule has 0 saturated heterocycles. The zero-order chi connectivity index (χ0) is 15.5. The summed E-state index contributed by atoms with van der Waals surface area (Å²) in [6.45, 7) is 2.64. The fourth-order valence-corrected chi connectivity index (χ4v) is 4.45. The highest BCUT2D eigenvalue weighted by Gasteiger charge is 2.19. The van der Waals surface area contributed by atoms with Gasteiger partial charge in [-0.05, 0) is 37.2 Å². The maximum absolute atomic E-state index is 12.5. The first kappa shape index (κ1) is 16.6. The monoisotopic (exact) mass is 389 g/mol. The molecule has 1 heterocycles. The summed E-state index contributed by atoms with van der Waals surface area (Å²) < 4.78 is 28.4. The van der Waals surface area contributed by atoms with Crippen LogP contribution in [0.4, 0.5) is 0 Å². The maximum Gasteiger partial charge on any atom is 0.241 e. The Labute approximate surface area is 137 Å². The first-order valence-electron chi connectivity index (χ1n) is 6.24. The van der Waals surface area contributed by atoms with Gasteiger partial charge in [-0.15, -0.1) is 11.3 Å². The van der Waals surface area contributed by atoms with E-state index in [9.17, 15) is 8.42 Å². The second kappa shape index (κ2) is 6.97. The van der Waals surface area contributed by atoms with E-state index in [1.54, 1.807) is 24.7 Å². The molecule has 8 heteroatoms. The van der Waals surface area contributed by atoms with Gasteiger partial charge >= 0.3 is 0 Å². The molecule has 5 nitrogen and oxygen atoms in total. The van der Waals surface area contributed by atoms with Gasteiger partial charge in [0.25, 0.3) is 0 Å². The van der Waals surface area contributed by atoms with E-state index in [0.717, 1.165) is 14.9 Å². The molecule has 0 saturated carbocycles. The molecule has 0 unspecified atom stereocenters. The number of rotatable bonds is 6. The first-order chi connectivity index (χ1) is 9.94. The molecule has 0 aliphatic heterocycles. The van der Waals surface area contributed by atoms with Gasteiger partial charge in [0.15, 0.2) is 0 Å². The van der Waals surface area contributed by atoms with Crippen molar-refractivity contribution in [2.45, 2.75) is 24.9 Å². The fraction of sp³-hybridized carbons (Fsp3) is 0.308. The molecule has 0 aliphatic rings.